The quantitative estimate of drug-likeness (QED) is 0.807. The molecule has 20 heavy (non-hydrogen) atoms. The van der Waals surface area contributed by atoms with Gasteiger partial charge in [-0.2, -0.15) is 0 Å². The Bertz CT molecular complexity index is 609. The first-order valence-electron chi connectivity index (χ1n) is 7.26. The van der Waals surface area contributed by atoms with Crippen molar-refractivity contribution < 1.29 is 4.39 Å². The highest BCUT2D eigenvalue weighted by atomic mass is 19.1. The molecule has 2 aromatic rings. The topological polar surface area (TPSA) is 66.7 Å². The minimum absolute atomic E-state index is 0.106. The van der Waals surface area contributed by atoms with E-state index in [2.05, 4.69) is 22.2 Å². The van der Waals surface area contributed by atoms with Crippen molar-refractivity contribution in [2.24, 2.45) is 11.7 Å². The van der Waals surface area contributed by atoms with Gasteiger partial charge in [-0.05, 0) is 37.0 Å². The number of benzene rings is 1. The number of hydrogen-bond acceptors (Lipinski definition) is 3. The molecule has 2 unspecified atom stereocenters. The van der Waals surface area contributed by atoms with Crippen molar-refractivity contribution in [3.05, 3.63) is 24.0 Å². The van der Waals surface area contributed by atoms with E-state index in [1.54, 1.807) is 6.07 Å². The molecule has 1 aromatic carbocycles. The first-order chi connectivity index (χ1) is 9.63. The van der Waals surface area contributed by atoms with Crippen LogP contribution in [0.4, 0.5) is 10.3 Å². The molecule has 108 valence electrons. The Morgan fingerprint density at radius 2 is 2.35 bits per heavy atom. The number of imidazole rings is 1. The SMILES string of the molecule is CC1CCCCC1(CN)Nc1nc2ccc(F)cc2[nH]1. The van der Waals surface area contributed by atoms with Crippen molar-refractivity contribution in [2.45, 2.75) is 38.1 Å². The van der Waals surface area contributed by atoms with E-state index in [9.17, 15) is 4.39 Å². The van der Waals surface area contributed by atoms with E-state index >= 15 is 0 Å². The van der Waals surface area contributed by atoms with E-state index in [0.29, 0.717) is 23.9 Å². The lowest BCUT2D eigenvalue weighted by atomic mass is 9.73. The van der Waals surface area contributed by atoms with Gasteiger partial charge in [-0.3, -0.25) is 0 Å². The molecule has 1 aromatic heterocycles. The molecule has 2 atom stereocenters. The smallest absolute Gasteiger partial charge is 0.201 e. The number of aromatic nitrogens is 2. The van der Waals surface area contributed by atoms with Gasteiger partial charge in [-0.25, -0.2) is 9.37 Å². The second kappa shape index (κ2) is 5.05. The average molecular weight is 276 g/mol. The van der Waals surface area contributed by atoms with Gasteiger partial charge in [0, 0.05) is 6.54 Å². The molecule has 4 nitrogen and oxygen atoms in total. The summed E-state index contributed by atoms with van der Waals surface area (Å²) < 4.78 is 13.2. The van der Waals surface area contributed by atoms with Crippen LogP contribution in [0.25, 0.3) is 11.0 Å². The summed E-state index contributed by atoms with van der Waals surface area (Å²) in [5, 5.41) is 3.49. The molecule has 1 heterocycles. The maximum atomic E-state index is 13.2. The van der Waals surface area contributed by atoms with Crippen LogP contribution in [-0.4, -0.2) is 22.1 Å². The number of anilines is 1. The number of rotatable bonds is 3. The van der Waals surface area contributed by atoms with Crippen LogP contribution in [0, 0.1) is 11.7 Å². The Kier molecular flexibility index (Phi) is 3.38. The van der Waals surface area contributed by atoms with Crippen LogP contribution in [0.2, 0.25) is 0 Å². The van der Waals surface area contributed by atoms with Crippen LogP contribution in [0.5, 0.6) is 0 Å². The van der Waals surface area contributed by atoms with E-state index in [1.807, 2.05) is 0 Å². The molecule has 0 aliphatic heterocycles. The highest BCUT2D eigenvalue weighted by Crippen LogP contribution is 2.35. The zero-order valence-electron chi connectivity index (χ0n) is 11.7. The monoisotopic (exact) mass is 276 g/mol. The van der Waals surface area contributed by atoms with Crippen LogP contribution >= 0.6 is 0 Å². The van der Waals surface area contributed by atoms with Crippen molar-refractivity contribution in [3.63, 3.8) is 0 Å². The Morgan fingerprint density at radius 3 is 3.10 bits per heavy atom. The molecule has 3 rings (SSSR count). The van der Waals surface area contributed by atoms with Gasteiger partial charge in [0.25, 0.3) is 0 Å². The van der Waals surface area contributed by atoms with E-state index in [1.165, 1.54) is 31.4 Å². The van der Waals surface area contributed by atoms with E-state index < -0.39 is 0 Å². The summed E-state index contributed by atoms with van der Waals surface area (Å²) in [4.78, 5) is 7.63. The van der Waals surface area contributed by atoms with Gasteiger partial charge in [0.2, 0.25) is 5.95 Å². The predicted octanol–water partition coefficient (Wildman–Crippen LogP) is 3.02. The number of aromatic amines is 1. The summed E-state index contributed by atoms with van der Waals surface area (Å²) in [6, 6.07) is 4.58. The molecule has 0 saturated heterocycles. The number of fused-ring (bicyclic) bond motifs is 1. The maximum absolute atomic E-state index is 13.2. The molecule has 4 N–H and O–H groups in total. The standard InChI is InChI=1S/C15H21FN4/c1-10-4-2-3-7-15(10,9-17)20-14-18-12-6-5-11(16)8-13(12)19-14/h5-6,8,10H,2-4,7,9,17H2,1H3,(H2,18,19,20). The van der Waals surface area contributed by atoms with Gasteiger partial charge in [-0.15, -0.1) is 0 Å². The van der Waals surface area contributed by atoms with E-state index in [0.717, 1.165) is 11.9 Å². The van der Waals surface area contributed by atoms with E-state index in [-0.39, 0.29) is 11.4 Å². The van der Waals surface area contributed by atoms with Crippen LogP contribution in [0.3, 0.4) is 0 Å². The molecular formula is C15H21FN4. The lowest BCUT2D eigenvalue weighted by Gasteiger charge is -2.42. The fourth-order valence-corrected chi connectivity index (χ4v) is 3.23. The number of halogens is 1. The molecular weight excluding hydrogens is 255 g/mol. The van der Waals surface area contributed by atoms with Crippen molar-refractivity contribution in [2.75, 3.05) is 11.9 Å². The van der Waals surface area contributed by atoms with Gasteiger partial charge in [-0.1, -0.05) is 19.8 Å². The molecule has 0 bridgehead atoms. The van der Waals surface area contributed by atoms with Crippen LogP contribution in [0.15, 0.2) is 18.2 Å². The van der Waals surface area contributed by atoms with Crippen molar-refractivity contribution in [1.82, 2.24) is 9.97 Å². The summed E-state index contributed by atoms with van der Waals surface area (Å²) in [6.45, 7) is 2.82. The van der Waals surface area contributed by atoms with Gasteiger partial charge < -0.3 is 16.0 Å². The Labute approximate surface area is 118 Å². The van der Waals surface area contributed by atoms with Gasteiger partial charge in [0.15, 0.2) is 0 Å². The number of nitrogens with zero attached hydrogens (tertiary/aromatic N) is 1. The number of hydrogen-bond donors (Lipinski definition) is 3. The normalized spacial score (nSPS) is 26.9. The molecule has 1 fully saturated rings. The second-order valence-corrected chi connectivity index (χ2v) is 5.88. The third-order valence-electron chi connectivity index (χ3n) is 4.63. The number of nitrogens with two attached hydrogens (primary N) is 1. The Balaban J connectivity index is 1.90. The summed E-state index contributed by atoms with van der Waals surface area (Å²) in [5.74, 6) is 0.934. The highest BCUT2D eigenvalue weighted by molar-refractivity contribution is 5.77. The average Bonchev–Trinajstić information content (AvgIpc) is 2.82. The fourth-order valence-electron chi connectivity index (χ4n) is 3.23. The first-order valence-corrected chi connectivity index (χ1v) is 7.26. The van der Waals surface area contributed by atoms with Crippen molar-refractivity contribution in [3.8, 4) is 0 Å². The van der Waals surface area contributed by atoms with Gasteiger partial charge in [0.1, 0.15) is 5.82 Å². The minimum Gasteiger partial charge on any atom is -0.349 e. The predicted molar refractivity (Wildman–Crippen MR) is 79.1 cm³/mol. The summed E-state index contributed by atoms with van der Waals surface area (Å²) in [7, 11) is 0. The molecule has 1 saturated carbocycles. The Hall–Kier alpha value is -1.62. The van der Waals surface area contributed by atoms with Crippen molar-refractivity contribution >= 4 is 17.0 Å². The van der Waals surface area contributed by atoms with Crippen LogP contribution in [-0.2, 0) is 0 Å². The van der Waals surface area contributed by atoms with Gasteiger partial charge in [0.05, 0.1) is 16.6 Å². The molecule has 5 heteroatoms. The molecule has 1 aliphatic carbocycles. The van der Waals surface area contributed by atoms with Crippen LogP contribution < -0.4 is 11.1 Å². The lowest BCUT2D eigenvalue weighted by molar-refractivity contribution is 0.234. The van der Waals surface area contributed by atoms with E-state index in [4.69, 9.17) is 5.73 Å². The zero-order valence-corrected chi connectivity index (χ0v) is 11.7. The second-order valence-electron chi connectivity index (χ2n) is 5.88. The number of nitrogens with one attached hydrogen (secondary N) is 2. The molecule has 0 radical (unpaired) electrons. The lowest BCUT2D eigenvalue weighted by Crippen LogP contribution is -2.52. The fraction of sp³-hybridized carbons (Fsp3) is 0.533. The third-order valence-corrected chi connectivity index (χ3v) is 4.63. The molecule has 1 aliphatic rings. The maximum Gasteiger partial charge on any atom is 0.201 e. The molecule has 0 amide bonds. The van der Waals surface area contributed by atoms with Gasteiger partial charge >= 0.3 is 0 Å². The third kappa shape index (κ3) is 2.26. The summed E-state index contributed by atoms with van der Waals surface area (Å²) in [6.07, 6.45) is 4.68. The highest BCUT2D eigenvalue weighted by Gasteiger charge is 2.37. The summed E-state index contributed by atoms with van der Waals surface area (Å²) in [5.41, 5.74) is 7.40. The first kappa shape index (κ1) is 13.4. The largest absolute Gasteiger partial charge is 0.349 e. The minimum atomic E-state index is -0.257. The van der Waals surface area contributed by atoms with Crippen LogP contribution in [0.1, 0.15) is 32.6 Å². The Morgan fingerprint density at radius 1 is 1.50 bits per heavy atom. The zero-order chi connectivity index (χ0) is 14.2. The summed E-state index contributed by atoms with van der Waals surface area (Å²) >= 11 is 0. The molecule has 0 spiro atoms. The number of H-pyrrole nitrogens is 1. The van der Waals surface area contributed by atoms with Crippen molar-refractivity contribution in [1.29, 1.82) is 0 Å².